The van der Waals surface area contributed by atoms with Crippen LogP contribution in [0.1, 0.15) is 37.5 Å². The van der Waals surface area contributed by atoms with Gasteiger partial charge in [-0.25, -0.2) is 4.98 Å². The predicted molar refractivity (Wildman–Crippen MR) is 126 cm³/mol. The van der Waals surface area contributed by atoms with Crippen molar-refractivity contribution >= 4 is 23.2 Å². The van der Waals surface area contributed by atoms with E-state index in [-0.39, 0.29) is 11.8 Å². The van der Waals surface area contributed by atoms with Crippen LogP contribution in [0, 0.1) is 13.8 Å². The van der Waals surface area contributed by atoms with Gasteiger partial charge in [-0.3, -0.25) is 9.59 Å². The minimum absolute atomic E-state index is 0.146. The Labute approximate surface area is 186 Å². The molecule has 0 fully saturated rings. The van der Waals surface area contributed by atoms with Crippen LogP contribution in [0.2, 0.25) is 0 Å². The summed E-state index contributed by atoms with van der Waals surface area (Å²) in [6.45, 7) is 4.55. The van der Waals surface area contributed by atoms with Crippen molar-refractivity contribution in [2.75, 3.05) is 10.6 Å². The van der Waals surface area contributed by atoms with E-state index in [4.69, 9.17) is 0 Å². The molecule has 6 nitrogen and oxygen atoms in total. The third-order valence-corrected chi connectivity index (χ3v) is 5.11. The molecule has 0 bridgehead atoms. The van der Waals surface area contributed by atoms with Crippen molar-refractivity contribution in [2.45, 2.75) is 20.4 Å². The predicted octanol–water partition coefficient (Wildman–Crippen LogP) is 5.05. The van der Waals surface area contributed by atoms with Gasteiger partial charge >= 0.3 is 0 Å². The van der Waals surface area contributed by atoms with Crippen LogP contribution in [0.4, 0.5) is 11.4 Å². The average Bonchev–Trinajstić information content (AvgIpc) is 3.26. The van der Waals surface area contributed by atoms with Crippen LogP contribution in [0.5, 0.6) is 0 Å². The number of anilines is 2. The van der Waals surface area contributed by atoms with E-state index in [9.17, 15) is 9.59 Å². The molecule has 0 aliphatic heterocycles. The van der Waals surface area contributed by atoms with Gasteiger partial charge in [0.1, 0.15) is 5.69 Å². The SMILES string of the molecule is Cc1ccc(NC(=O)c2cn(Cc3ccc(NC(=O)c4ccccc4)cc3)cn2)c(C)c1. The average molecular weight is 425 g/mol. The highest BCUT2D eigenvalue weighted by Gasteiger charge is 2.11. The van der Waals surface area contributed by atoms with Gasteiger partial charge in [0.05, 0.1) is 6.33 Å². The lowest BCUT2D eigenvalue weighted by Crippen LogP contribution is -2.13. The van der Waals surface area contributed by atoms with Crippen LogP contribution < -0.4 is 10.6 Å². The Hall–Kier alpha value is -4.19. The van der Waals surface area contributed by atoms with Gasteiger partial charge in [0.25, 0.3) is 11.8 Å². The van der Waals surface area contributed by atoms with E-state index in [1.165, 1.54) is 0 Å². The lowest BCUT2D eigenvalue weighted by Gasteiger charge is -2.08. The Morgan fingerprint density at radius 2 is 1.62 bits per heavy atom. The first-order valence-corrected chi connectivity index (χ1v) is 10.3. The van der Waals surface area contributed by atoms with Crippen molar-refractivity contribution in [3.05, 3.63) is 113 Å². The number of carbonyl (C=O) groups is 2. The van der Waals surface area contributed by atoms with E-state index in [0.29, 0.717) is 17.8 Å². The van der Waals surface area contributed by atoms with E-state index in [1.54, 1.807) is 24.7 Å². The molecule has 2 amide bonds. The molecule has 1 heterocycles. The number of rotatable bonds is 6. The topological polar surface area (TPSA) is 76.0 Å². The number of aromatic nitrogens is 2. The number of nitrogens with zero attached hydrogens (tertiary/aromatic N) is 2. The lowest BCUT2D eigenvalue weighted by molar-refractivity contribution is 0.101. The zero-order valence-electron chi connectivity index (χ0n) is 18.0. The summed E-state index contributed by atoms with van der Waals surface area (Å²) in [5, 5.41) is 5.80. The summed E-state index contributed by atoms with van der Waals surface area (Å²) in [5.74, 6) is -0.387. The highest BCUT2D eigenvalue weighted by atomic mass is 16.2. The normalized spacial score (nSPS) is 10.6. The summed E-state index contributed by atoms with van der Waals surface area (Å²) in [6.07, 6.45) is 3.37. The molecular weight excluding hydrogens is 400 g/mol. The summed E-state index contributed by atoms with van der Waals surface area (Å²) >= 11 is 0. The molecule has 32 heavy (non-hydrogen) atoms. The fourth-order valence-corrected chi connectivity index (χ4v) is 3.40. The Balaban J connectivity index is 1.37. The highest BCUT2D eigenvalue weighted by molar-refractivity contribution is 6.04. The lowest BCUT2D eigenvalue weighted by atomic mass is 10.1. The number of imidazole rings is 1. The largest absolute Gasteiger partial charge is 0.332 e. The summed E-state index contributed by atoms with van der Waals surface area (Å²) in [7, 11) is 0. The van der Waals surface area contributed by atoms with Gasteiger partial charge in [-0.05, 0) is 55.3 Å². The van der Waals surface area contributed by atoms with Gasteiger partial charge in [-0.2, -0.15) is 0 Å². The maximum Gasteiger partial charge on any atom is 0.275 e. The van der Waals surface area contributed by atoms with Crippen molar-refractivity contribution < 1.29 is 9.59 Å². The Bertz CT molecular complexity index is 1240. The first-order chi connectivity index (χ1) is 15.5. The van der Waals surface area contributed by atoms with Crippen LogP contribution in [0.25, 0.3) is 0 Å². The second-order valence-electron chi connectivity index (χ2n) is 7.72. The van der Waals surface area contributed by atoms with E-state index in [0.717, 1.165) is 28.1 Å². The zero-order valence-corrected chi connectivity index (χ0v) is 18.0. The maximum atomic E-state index is 12.6. The Morgan fingerprint density at radius 3 is 2.34 bits per heavy atom. The number of hydrogen-bond acceptors (Lipinski definition) is 3. The van der Waals surface area contributed by atoms with Crippen LogP contribution in [-0.4, -0.2) is 21.4 Å². The molecular formula is C26H24N4O2. The molecule has 6 heteroatoms. The molecule has 0 unspecified atom stereocenters. The molecule has 4 rings (SSSR count). The quantitative estimate of drug-likeness (QED) is 0.455. The van der Waals surface area contributed by atoms with Gasteiger partial charge in [-0.1, -0.05) is 48.0 Å². The maximum absolute atomic E-state index is 12.6. The molecule has 0 saturated heterocycles. The molecule has 0 saturated carbocycles. The fourth-order valence-electron chi connectivity index (χ4n) is 3.40. The van der Waals surface area contributed by atoms with Gasteiger partial charge in [-0.15, -0.1) is 0 Å². The van der Waals surface area contributed by atoms with Crippen molar-refractivity contribution in [1.29, 1.82) is 0 Å². The molecule has 2 N–H and O–H groups in total. The second-order valence-corrected chi connectivity index (χ2v) is 7.72. The summed E-state index contributed by atoms with van der Waals surface area (Å²) in [5.41, 5.74) is 5.66. The number of nitrogens with one attached hydrogen (secondary N) is 2. The summed E-state index contributed by atoms with van der Waals surface area (Å²) in [4.78, 5) is 29.1. The number of hydrogen-bond donors (Lipinski definition) is 2. The Morgan fingerprint density at radius 1 is 0.875 bits per heavy atom. The first kappa shape index (κ1) is 21.1. The molecule has 0 spiro atoms. The molecule has 0 radical (unpaired) electrons. The van der Waals surface area contributed by atoms with Crippen LogP contribution in [-0.2, 0) is 6.54 Å². The van der Waals surface area contributed by atoms with Gasteiger partial charge in [0.15, 0.2) is 0 Å². The smallest absolute Gasteiger partial charge is 0.275 e. The van der Waals surface area contributed by atoms with Crippen molar-refractivity contribution in [3.63, 3.8) is 0 Å². The monoisotopic (exact) mass is 424 g/mol. The van der Waals surface area contributed by atoms with E-state index >= 15 is 0 Å². The number of carbonyl (C=O) groups excluding carboxylic acids is 2. The minimum Gasteiger partial charge on any atom is -0.332 e. The number of amides is 2. The van der Waals surface area contributed by atoms with Gasteiger partial charge in [0.2, 0.25) is 0 Å². The molecule has 1 aromatic heterocycles. The molecule has 3 aromatic carbocycles. The van der Waals surface area contributed by atoms with E-state index in [1.807, 2.05) is 79.1 Å². The van der Waals surface area contributed by atoms with Crippen LogP contribution >= 0.6 is 0 Å². The minimum atomic E-state index is -0.241. The van der Waals surface area contributed by atoms with Gasteiger partial charge < -0.3 is 15.2 Å². The van der Waals surface area contributed by atoms with Crippen LogP contribution in [0.15, 0.2) is 85.3 Å². The number of aryl methyl sites for hydroxylation is 2. The Kier molecular flexibility index (Phi) is 6.12. The molecule has 4 aromatic rings. The summed E-state index contributed by atoms with van der Waals surface area (Å²) < 4.78 is 1.86. The third-order valence-electron chi connectivity index (χ3n) is 5.11. The van der Waals surface area contributed by atoms with Crippen molar-refractivity contribution in [3.8, 4) is 0 Å². The standard InChI is InChI=1S/C26H24N4O2/c1-18-8-13-23(19(2)14-18)29-26(32)24-16-30(17-27-24)15-20-9-11-22(12-10-20)28-25(31)21-6-4-3-5-7-21/h3-14,16-17H,15H2,1-2H3,(H,28,31)(H,29,32). The highest BCUT2D eigenvalue weighted by Crippen LogP contribution is 2.17. The van der Waals surface area contributed by atoms with E-state index in [2.05, 4.69) is 15.6 Å². The molecule has 0 aliphatic rings. The van der Waals surface area contributed by atoms with Crippen molar-refractivity contribution in [2.24, 2.45) is 0 Å². The second kappa shape index (κ2) is 9.31. The fraction of sp³-hybridized carbons (Fsp3) is 0.115. The first-order valence-electron chi connectivity index (χ1n) is 10.3. The zero-order chi connectivity index (χ0) is 22.5. The van der Waals surface area contributed by atoms with E-state index < -0.39 is 0 Å². The molecule has 0 atom stereocenters. The molecule has 160 valence electrons. The third kappa shape index (κ3) is 5.10. The van der Waals surface area contributed by atoms with Crippen LogP contribution in [0.3, 0.4) is 0 Å². The summed E-state index contributed by atoms with van der Waals surface area (Å²) in [6, 6.07) is 22.6. The van der Waals surface area contributed by atoms with Gasteiger partial charge in [0, 0.05) is 29.7 Å². The number of benzene rings is 3. The molecule has 0 aliphatic carbocycles. The van der Waals surface area contributed by atoms with Crippen molar-refractivity contribution in [1.82, 2.24) is 9.55 Å².